The zero-order valence-electron chi connectivity index (χ0n) is 9.40. The summed E-state index contributed by atoms with van der Waals surface area (Å²) in [5, 5.41) is 18.5. The number of nitrogens with zero attached hydrogens (tertiary/aromatic N) is 1. The third-order valence-corrected chi connectivity index (χ3v) is 2.57. The smallest absolute Gasteiger partial charge is 0.423 e. The van der Waals surface area contributed by atoms with Crippen molar-refractivity contribution in [3.05, 3.63) is 40.9 Å². The largest absolute Gasteiger partial charge is 0.491 e. The van der Waals surface area contributed by atoms with Gasteiger partial charge in [0.25, 0.3) is 0 Å². The lowest BCUT2D eigenvalue weighted by atomic mass is 9.79. The Kier molecular flexibility index (Phi) is 5.99. The molecule has 0 saturated carbocycles. The van der Waals surface area contributed by atoms with Crippen molar-refractivity contribution in [1.29, 1.82) is 5.26 Å². The zero-order chi connectivity index (χ0) is 12.7. The fourth-order valence-electron chi connectivity index (χ4n) is 1.32. The molecule has 0 radical (unpaired) electrons. The molecule has 0 aliphatic carbocycles. The lowest BCUT2D eigenvalue weighted by Gasteiger charge is -2.08. The van der Waals surface area contributed by atoms with Crippen molar-refractivity contribution < 1.29 is 9.68 Å². The van der Waals surface area contributed by atoms with Gasteiger partial charge in [0, 0.05) is 6.61 Å². The van der Waals surface area contributed by atoms with Crippen molar-refractivity contribution in [1.82, 2.24) is 0 Å². The molecule has 17 heavy (non-hydrogen) atoms. The molecule has 0 atom stereocenters. The normalized spacial score (nSPS) is 9.71. The van der Waals surface area contributed by atoms with Crippen LogP contribution in [0.2, 0.25) is 0 Å². The van der Waals surface area contributed by atoms with Gasteiger partial charge in [0.05, 0.1) is 11.6 Å². The van der Waals surface area contributed by atoms with Crippen LogP contribution < -0.4 is 5.46 Å². The van der Waals surface area contributed by atoms with Gasteiger partial charge in [0.15, 0.2) is 0 Å². The summed E-state index contributed by atoms with van der Waals surface area (Å²) >= 11 is 3.26. The van der Waals surface area contributed by atoms with E-state index in [0.29, 0.717) is 17.6 Å². The van der Waals surface area contributed by atoms with Gasteiger partial charge in [0.1, 0.15) is 0 Å². The number of nitriles is 1. The van der Waals surface area contributed by atoms with E-state index in [1.54, 1.807) is 24.3 Å². The number of allylic oxidation sites excluding steroid dienone is 1. The molecule has 0 bridgehead atoms. The average Bonchev–Trinajstić information content (AvgIpc) is 2.34. The highest BCUT2D eigenvalue weighted by Gasteiger charge is 2.16. The van der Waals surface area contributed by atoms with Gasteiger partial charge >= 0.3 is 7.12 Å². The molecule has 88 valence electrons. The van der Waals surface area contributed by atoms with Gasteiger partial charge in [-0.15, -0.1) is 0 Å². The fourth-order valence-corrected chi connectivity index (χ4v) is 1.60. The van der Waals surface area contributed by atoms with Gasteiger partial charge in [0.2, 0.25) is 0 Å². The summed E-state index contributed by atoms with van der Waals surface area (Å²) in [6.07, 6.45) is 1.60. The zero-order valence-corrected chi connectivity index (χ0v) is 11.0. The monoisotopic (exact) mass is 293 g/mol. The highest BCUT2D eigenvalue weighted by Crippen LogP contribution is 2.09. The number of hydrogen-bond donors (Lipinski definition) is 1. The maximum atomic E-state index is 9.74. The summed E-state index contributed by atoms with van der Waals surface area (Å²) in [5.41, 5.74) is 1.11. The van der Waals surface area contributed by atoms with E-state index in [1.165, 1.54) is 0 Å². The van der Waals surface area contributed by atoms with Crippen molar-refractivity contribution >= 4 is 28.5 Å². The number of hydrogen-bond acceptors (Lipinski definition) is 3. The van der Waals surface area contributed by atoms with Gasteiger partial charge in [-0.1, -0.05) is 34.6 Å². The molecule has 0 aliphatic heterocycles. The lowest BCUT2D eigenvalue weighted by molar-refractivity contribution is 0.266. The minimum Gasteiger partial charge on any atom is -0.423 e. The molecule has 0 unspecified atom stereocenters. The minimum absolute atomic E-state index is 0.447. The van der Waals surface area contributed by atoms with Gasteiger partial charge in [-0.3, -0.25) is 0 Å². The molecule has 0 aromatic heterocycles. The number of rotatable bonds is 6. The molecule has 1 N–H and O–H groups in total. The van der Waals surface area contributed by atoms with E-state index in [-0.39, 0.29) is 0 Å². The minimum atomic E-state index is -0.980. The molecule has 1 aromatic rings. The predicted octanol–water partition coefficient (Wildman–Crippen LogP) is 1.95. The van der Waals surface area contributed by atoms with Gasteiger partial charge in [-0.25, -0.2) is 0 Å². The van der Waals surface area contributed by atoms with Crippen LogP contribution in [0.3, 0.4) is 0 Å². The Balaban J connectivity index is 2.44. The first-order valence-corrected chi connectivity index (χ1v) is 6.06. The molecule has 5 heteroatoms. The molecule has 0 fully saturated rings. The molecule has 0 aliphatic rings. The van der Waals surface area contributed by atoms with Crippen LogP contribution in [0.5, 0.6) is 0 Å². The van der Waals surface area contributed by atoms with E-state index in [2.05, 4.69) is 22.5 Å². The Morgan fingerprint density at radius 3 is 3.00 bits per heavy atom. The summed E-state index contributed by atoms with van der Waals surface area (Å²) in [7, 11) is -0.980. The molecule has 0 saturated heterocycles. The van der Waals surface area contributed by atoms with Crippen LogP contribution in [0, 0.1) is 11.3 Å². The molecule has 1 aromatic carbocycles. The van der Waals surface area contributed by atoms with Crippen LogP contribution in [0.4, 0.5) is 0 Å². The second-order valence-corrected chi connectivity index (χ2v) is 4.70. The van der Waals surface area contributed by atoms with Gasteiger partial charge < -0.3 is 9.68 Å². The van der Waals surface area contributed by atoms with Crippen molar-refractivity contribution in [2.75, 3.05) is 6.61 Å². The first-order chi connectivity index (χ1) is 8.13. The van der Waals surface area contributed by atoms with E-state index >= 15 is 0 Å². The third-order valence-electron chi connectivity index (χ3n) is 2.17. The predicted molar refractivity (Wildman–Crippen MR) is 72.0 cm³/mol. The van der Waals surface area contributed by atoms with E-state index in [9.17, 15) is 5.02 Å². The number of halogens is 1. The Bertz CT molecular complexity index is 431. The molecule has 0 heterocycles. The van der Waals surface area contributed by atoms with Crippen molar-refractivity contribution in [2.45, 2.75) is 12.8 Å². The van der Waals surface area contributed by atoms with Crippen LogP contribution in [-0.4, -0.2) is 18.7 Å². The highest BCUT2D eigenvalue weighted by molar-refractivity contribution is 9.11. The summed E-state index contributed by atoms with van der Waals surface area (Å²) in [5.74, 6) is 0. The Morgan fingerprint density at radius 2 is 2.35 bits per heavy atom. The van der Waals surface area contributed by atoms with Crippen molar-refractivity contribution in [3.8, 4) is 6.07 Å². The Hall–Kier alpha value is -1.09. The van der Waals surface area contributed by atoms with E-state index < -0.39 is 7.12 Å². The van der Waals surface area contributed by atoms with Crippen LogP contribution in [0.1, 0.15) is 18.4 Å². The molecule has 1 rings (SSSR count). The van der Waals surface area contributed by atoms with Crippen molar-refractivity contribution in [3.63, 3.8) is 0 Å². The lowest BCUT2D eigenvalue weighted by Crippen LogP contribution is -2.34. The summed E-state index contributed by atoms with van der Waals surface area (Å²) in [4.78, 5) is 0. The van der Waals surface area contributed by atoms with E-state index in [4.69, 9.17) is 9.92 Å². The molecule has 3 nitrogen and oxygen atoms in total. The summed E-state index contributed by atoms with van der Waals surface area (Å²) < 4.78 is 6.18. The SMILES string of the molecule is C=C(Br)CCCOB(O)c1cccc(C#N)c1. The third kappa shape index (κ3) is 5.18. The molecular formula is C12H13BBrNO2. The standard InChI is InChI=1S/C12H13BBrNO2/c1-10(14)4-3-7-17-13(16)12-6-2-5-11(8-12)9-15/h2,5-6,8,16H,1,3-4,7H2. The maximum absolute atomic E-state index is 9.74. The maximum Gasteiger partial charge on any atom is 0.491 e. The first kappa shape index (κ1) is 14.0. The summed E-state index contributed by atoms with van der Waals surface area (Å²) in [6, 6.07) is 8.78. The average molecular weight is 294 g/mol. The summed E-state index contributed by atoms with van der Waals surface area (Å²) in [6.45, 7) is 4.16. The van der Waals surface area contributed by atoms with Crippen LogP contribution >= 0.6 is 15.9 Å². The topological polar surface area (TPSA) is 53.2 Å². The van der Waals surface area contributed by atoms with Crippen LogP contribution in [-0.2, 0) is 4.65 Å². The Morgan fingerprint density at radius 1 is 1.59 bits per heavy atom. The molecular weight excluding hydrogens is 281 g/mol. The highest BCUT2D eigenvalue weighted by atomic mass is 79.9. The molecule has 0 amide bonds. The number of benzene rings is 1. The first-order valence-electron chi connectivity index (χ1n) is 5.26. The molecule has 0 spiro atoms. The second kappa shape index (κ2) is 7.28. The quantitative estimate of drug-likeness (QED) is 0.644. The van der Waals surface area contributed by atoms with Crippen molar-refractivity contribution in [2.24, 2.45) is 0 Å². The van der Waals surface area contributed by atoms with Gasteiger partial charge in [-0.2, -0.15) is 5.26 Å². The van der Waals surface area contributed by atoms with E-state index in [1.807, 2.05) is 6.07 Å². The Labute approximate surface area is 110 Å². The van der Waals surface area contributed by atoms with Gasteiger partial charge in [-0.05, 0) is 34.9 Å². The van der Waals surface area contributed by atoms with Crippen LogP contribution in [0.15, 0.2) is 35.3 Å². The second-order valence-electron chi connectivity index (χ2n) is 3.58. The fraction of sp³-hybridized carbons (Fsp3) is 0.250. The van der Waals surface area contributed by atoms with E-state index in [0.717, 1.165) is 17.3 Å². The van der Waals surface area contributed by atoms with Crippen LogP contribution in [0.25, 0.3) is 0 Å².